The van der Waals surface area contributed by atoms with Crippen molar-refractivity contribution in [1.29, 1.82) is 0 Å². The van der Waals surface area contributed by atoms with Crippen molar-refractivity contribution in [2.24, 2.45) is 5.73 Å². The van der Waals surface area contributed by atoms with Crippen molar-refractivity contribution >= 4 is 11.8 Å². The molecule has 1 aliphatic heterocycles. The highest BCUT2D eigenvalue weighted by molar-refractivity contribution is 5.98. The van der Waals surface area contributed by atoms with E-state index in [-0.39, 0.29) is 17.6 Å². The number of nitrogens with zero attached hydrogens (tertiary/aromatic N) is 2. The van der Waals surface area contributed by atoms with Gasteiger partial charge in [0.2, 0.25) is 0 Å². The Morgan fingerprint density at radius 3 is 2.90 bits per heavy atom. The summed E-state index contributed by atoms with van der Waals surface area (Å²) in [6.07, 6.45) is 6.94. The summed E-state index contributed by atoms with van der Waals surface area (Å²) < 4.78 is 0. The van der Waals surface area contributed by atoms with Gasteiger partial charge in [0.1, 0.15) is 5.69 Å². The van der Waals surface area contributed by atoms with Crippen LogP contribution in [-0.2, 0) is 0 Å². The first-order chi connectivity index (χ1) is 9.66. The Hall–Kier alpha value is -2.57. The number of carbonyl (C=O) groups excluding carboxylic acids is 2. The van der Waals surface area contributed by atoms with Crippen LogP contribution in [0.15, 0.2) is 24.7 Å². The van der Waals surface area contributed by atoms with Gasteiger partial charge in [-0.25, -0.2) is 0 Å². The SMILES string of the molecule is NC(=O)c1cc(C(=O)N2CCCC2c2cn[nH]c2)c[nH]1. The number of likely N-dealkylation sites (tertiary alicyclic amines) is 1. The lowest BCUT2D eigenvalue weighted by Gasteiger charge is -2.23. The van der Waals surface area contributed by atoms with E-state index in [1.165, 1.54) is 12.3 Å². The van der Waals surface area contributed by atoms with E-state index in [1.807, 2.05) is 6.20 Å². The van der Waals surface area contributed by atoms with Gasteiger partial charge in [-0.3, -0.25) is 14.7 Å². The van der Waals surface area contributed by atoms with Crippen LogP contribution in [0, 0.1) is 0 Å². The van der Waals surface area contributed by atoms with Gasteiger partial charge in [0.05, 0.1) is 17.8 Å². The normalized spacial score (nSPS) is 18.4. The van der Waals surface area contributed by atoms with Crippen molar-refractivity contribution in [3.05, 3.63) is 41.5 Å². The van der Waals surface area contributed by atoms with E-state index in [0.29, 0.717) is 12.1 Å². The minimum absolute atomic E-state index is 0.0354. The molecule has 1 aliphatic rings. The molecule has 3 rings (SSSR count). The number of aromatic amines is 2. The molecule has 2 aromatic rings. The first-order valence-corrected chi connectivity index (χ1v) is 6.44. The van der Waals surface area contributed by atoms with Gasteiger partial charge in [-0.2, -0.15) is 5.10 Å². The molecule has 0 aromatic carbocycles. The molecule has 1 atom stereocenters. The van der Waals surface area contributed by atoms with Gasteiger partial charge in [0.15, 0.2) is 0 Å². The maximum Gasteiger partial charge on any atom is 0.265 e. The number of amides is 2. The second kappa shape index (κ2) is 4.84. The third-order valence-electron chi connectivity index (χ3n) is 3.61. The van der Waals surface area contributed by atoms with E-state index in [4.69, 9.17) is 5.73 Å². The van der Waals surface area contributed by atoms with Crippen LogP contribution in [0.3, 0.4) is 0 Å². The lowest BCUT2D eigenvalue weighted by Crippen LogP contribution is -2.30. The molecule has 0 bridgehead atoms. The third kappa shape index (κ3) is 2.07. The number of H-pyrrole nitrogens is 2. The molecule has 1 fully saturated rings. The zero-order valence-corrected chi connectivity index (χ0v) is 10.8. The van der Waals surface area contributed by atoms with Crippen molar-refractivity contribution in [2.45, 2.75) is 18.9 Å². The highest BCUT2D eigenvalue weighted by Crippen LogP contribution is 2.32. The van der Waals surface area contributed by atoms with E-state index in [1.54, 1.807) is 11.1 Å². The fourth-order valence-corrected chi connectivity index (χ4v) is 2.63. The topological polar surface area (TPSA) is 108 Å². The standard InChI is InChI=1S/C13H15N5O2/c14-12(19)10-4-8(5-15-10)13(20)18-3-1-2-11(18)9-6-16-17-7-9/h4-7,11,15H,1-3H2,(H2,14,19)(H,16,17). The van der Waals surface area contributed by atoms with Crippen LogP contribution in [0.25, 0.3) is 0 Å². The van der Waals surface area contributed by atoms with Crippen LogP contribution in [-0.4, -0.2) is 38.4 Å². The average molecular weight is 273 g/mol. The molecule has 104 valence electrons. The second-order valence-electron chi connectivity index (χ2n) is 4.85. The molecule has 1 unspecified atom stereocenters. The number of aromatic nitrogens is 3. The van der Waals surface area contributed by atoms with E-state index in [2.05, 4.69) is 15.2 Å². The van der Waals surface area contributed by atoms with Crippen molar-refractivity contribution < 1.29 is 9.59 Å². The summed E-state index contributed by atoms with van der Waals surface area (Å²) in [4.78, 5) is 28.1. The van der Waals surface area contributed by atoms with Crippen LogP contribution < -0.4 is 5.73 Å². The zero-order valence-electron chi connectivity index (χ0n) is 10.8. The summed E-state index contributed by atoms with van der Waals surface area (Å²) in [5.74, 6) is -0.672. The number of hydrogen-bond donors (Lipinski definition) is 3. The Morgan fingerprint density at radius 1 is 1.40 bits per heavy atom. The second-order valence-corrected chi connectivity index (χ2v) is 4.85. The van der Waals surface area contributed by atoms with Crippen molar-refractivity contribution in [1.82, 2.24) is 20.1 Å². The molecule has 4 N–H and O–H groups in total. The van der Waals surface area contributed by atoms with Crippen LogP contribution in [0.4, 0.5) is 0 Å². The van der Waals surface area contributed by atoms with Gasteiger partial charge < -0.3 is 15.6 Å². The average Bonchev–Trinajstić information content (AvgIpc) is 3.17. The van der Waals surface area contributed by atoms with E-state index >= 15 is 0 Å². The maximum atomic E-state index is 12.5. The maximum absolute atomic E-state index is 12.5. The number of carbonyl (C=O) groups is 2. The molecule has 7 heteroatoms. The monoisotopic (exact) mass is 273 g/mol. The molecule has 20 heavy (non-hydrogen) atoms. The predicted molar refractivity (Wildman–Crippen MR) is 70.9 cm³/mol. The molecule has 1 saturated heterocycles. The van der Waals surface area contributed by atoms with Gasteiger partial charge in [0.25, 0.3) is 11.8 Å². The summed E-state index contributed by atoms with van der Waals surface area (Å²) in [5, 5.41) is 6.70. The summed E-state index contributed by atoms with van der Waals surface area (Å²) in [6.45, 7) is 0.700. The summed E-state index contributed by atoms with van der Waals surface area (Å²) in [7, 11) is 0. The van der Waals surface area contributed by atoms with Gasteiger partial charge >= 0.3 is 0 Å². The predicted octanol–water partition coefficient (Wildman–Crippen LogP) is 0.814. The summed E-state index contributed by atoms with van der Waals surface area (Å²) >= 11 is 0. The molecule has 0 saturated carbocycles. The van der Waals surface area contributed by atoms with Crippen LogP contribution in [0.5, 0.6) is 0 Å². The Labute approximate surface area is 115 Å². The molecular formula is C13H15N5O2. The Balaban J connectivity index is 1.83. The molecule has 0 aliphatic carbocycles. The molecule has 2 amide bonds. The molecular weight excluding hydrogens is 258 g/mol. The third-order valence-corrected chi connectivity index (χ3v) is 3.61. The fraction of sp³-hybridized carbons (Fsp3) is 0.308. The van der Waals surface area contributed by atoms with Gasteiger partial charge in [0, 0.05) is 24.5 Å². The lowest BCUT2D eigenvalue weighted by atomic mass is 10.1. The van der Waals surface area contributed by atoms with Crippen LogP contribution in [0.2, 0.25) is 0 Å². The first-order valence-electron chi connectivity index (χ1n) is 6.44. The fourth-order valence-electron chi connectivity index (χ4n) is 2.63. The number of nitrogens with one attached hydrogen (secondary N) is 2. The zero-order chi connectivity index (χ0) is 14.1. The number of nitrogens with two attached hydrogens (primary N) is 1. The van der Waals surface area contributed by atoms with Gasteiger partial charge in [-0.1, -0.05) is 0 Å². The Kier molecular flexibility index (Phi) is 3.02. The summed E-state index contributed by atoms with van der Waals surface area (Å²) in [6, 6.07) is 1.53. The Bertz CT molecular complexity index is 631. The smallest absolute Gasteiger partial charge is 0.265 e. The molecule has 0 spiro atoms. The van der Waals surface area contributed by atoms with E-state index < -0.39 is 5.91 Å². The highest BCUT2D eigenvalue weighted by Gasteiger charge is 2.31. The number of hydrogen-bond acceptors (Lipinski definition) is 3. The number of primary amides is 1. The molecule has 7 nitrogen and oxygen atoms in total. The summed E-state index contributed by atoms with van der Waals surface area (Å²) in [5.41, 5.74) is 6.88. The minimum Gasteiger partial charge on any atom is -0.364 e. The minimum atomic E-state index is -0.572. The van der Waals surface area contributed by atoms with Gasteiger partial charge in [-0.05, 0) is 18.9 Å². The number of rotatable bonds is 3. The first kappa shape index (κ1) is 12.5. The molecule has 0 radical (unpaired) electrons. The van der Waals surface area contributed by atoms with Crippen molar-refractivity contribution in [2.75, 3.05) is 6.54 Å². The van der Waals surface area contributed by atoms with Gasteiger partial charge in [-0.15, -0.1) is 0 Å². The van der Waals surface area contributed by atoms with Crippen molar-refractivity contribution in [3.63, 3.8) is 0 Å². The molecule has 2 aromatic heterocycles. The van der Waals surface area contributed by atoms with Crippen molar-refractivity contribution in [3.8, 4) is 0 Å². The van der Waals surface area contributed by atoms with Crippen LogP contribution in [0.1, 0.15) is 45.3 Å². The van der Waals surface area contributed by atoms with Crippen LogP contribution >= 0.6 is 0 Å². The van der Waals surface area contributed by atoms with E-state index in [9.17, 15) is 9.59 Å². The highest BCUT2D eigenvalue weighted by atomic mass is 16.2. The largest absolute Gasteiger partial charge is 0.364 e. The van der Waals surface area contributed by atoms with E-state index in [0.717, 1.165) is 18.4 Å². The molecule has 3 heterocycles. The Morgan fingerprint density at radius 2 is 2.25 bits per heavy atom. The lowest BCUT2D eigenvalue weighted by molar-refractivity contribution is 0.0736. The quantitative estimate of drug-likeness (QED) is 0.770.